The summed E-state index contributed by atoms with van der Waals surface area (Å²) < 4.78 is 43.5. The average molecular weight is 352 g/mol. The standard InChI is InChI=1S/C17H19F3N4O/c1-23(2)13-5-3-12(4-6-13)14-7-8-21-16(22-14)24-9-10-25-15(11-24)17(18,19)20/h3-8,15H,9-11H2,1-2H3. The normalized spacial score (nSPS) is 18.3. The number of anilines is 2. The molecule has 0 bridgehead atoms. The largest absolute Gasteiger partial charge is 0.416 e. The third-order valence-electron chi connectivity index (χ3n) is 4.04. The summed E-state index contributed by atoms with van der Waals surface area (Å²) in [5.41, 5.74) is 2.61. The maximum Gasteiger partial charge on any atom is 0.416 e. The molecule has 1 atom stereocenters. The minimum absolute atomic E-state index is 0.00467. The van der Waals surface area contributed by atoms with Gasteiger partial charge in [0, 0.05) is 38.1 Å². The number of nitrogens with zero attached hydrogens (tertiary/aromatic N) is 4. The molecule has 1 fully saturated rings. The van der Waals surface area contributed by atoms with Crippen LogP contribution in [0.25, 0.3) is 11.3 Å². The fourth-order valence-electron chi connectivity index (χ4n) is 2.62. The number of hydrogen-bond donors (Lipinski definition) is 0. The molecule has 1 aliphatic rings. The molecule has 1 saturated heterocycles. The first-order valence-corrected chi connectivity index (χ1v) is 7.88. The fourth-order valence-corrected chi connectivity index (χ4v) is 2.62. The first kappa shape index (κ1) is 17.5. The Bertz CT molecular complexity index is 719. The molecule has 2 aromatic rings. The molecule has 1 aromatic heterocycles. The maximum absolute atomic E-state index is 12.9. The van der Waals surface area contributed by atoms with Crippen LogP contribution in [0, 0.1) is 0 Å². The molecule has 1 aliphatic heterocycles. The van der Waals surface area contributed by atoms with Gasteiger partial charge >= 0.3 is 6.18 Å². The van der Waals surface area contributed by atoms with Crippen LogP contribution in [0.2, 0.25) is 0 Å². The second-order valence-electron chi connectivity index (χ2n) is 6.03. The van der Waals surface area contributed by atoms with Gasteiger partial charge in [0.05, 0.1) is 18.8 Å². The third kappa shape index (κ3) is 4.01. The molecule has 1 aromatic carbocycles. The summed E-state index contributed by atoms with van der Waals surface area (Å²) in [5.74, 6) is 0.284. The van der Waals surface area contributed by atoms with Gasteiger partial charge in [-0.1, -0.05) is 12.1 Å². The van der Waals surface area contributed by atoms with Crippen LogP contribution in [-0.4, -0.2) is 56.0 Å². The van der Waals surface area contributed by atoms with Crippen LogP contribution in [0.15, 0.2) is 36.5 Å². The van der Waals surface area contributed by atoms with Gasteiger partial charge in [0.2, 0.25) is 5.95 Å². The summed E-state index contributed by atoms with van der Waals surface area (Å²) in [6.45, 7) is 0.0252. The van der Waals surface area contributed by atoms with E-state index in [9.17, 15) is 13.2 Å². The molecule has 1 unspecified atom stereocenters. The highest BCUT2D eigenvalue weighted by atomic mass is 19.4. The van der Waals surface area contributed by atoms with Crippen molar-refractivity contribution in [1.82, 2.24) is 9.97 Å². The Balaban J connectivity index is 1.81. The lowest BCUT2D eigenvalue weighted by Gasteiger charge is -2.33. The number of aromatic nitrogens is 2. The van der Waals surface area contributed by atoms with E-state index in [1.54, 1.807) is 12.3 Å². The van der Waals surface area contributed by atoms with Crippen molar-refractivity contribution < 1.29 is 17.9 Å². The number of benzene rings is 1. The number of alkyl halides is 3. The third-order valence-corrected chi connectivity index (χ3v) is 4.04. The van der Waals surface area contributed by atoms with Crippen molar-refractivity contribution in [2.45, 2.75) is 12.3 Å². The molecule has 0 radical (unpaired) electrons. The Kier molecular flexibility index (Phi) is 4.80. The molecule has 0 aliphatic carbocycles. The molecule has 134 valence electrons. The number of halogens is 3. The quantitative estimate of drug-likeness (QED) is 0.850. The van der Waals surface area contributed by atoms with Gasteiger partial charge in [0.15, 0.2) is 6.10 Å². The van der Waals surface area contributed by atoms with Crippen molar-refractivity contribution in [3.05, 3.63) is 36.5 Å². The zero-order valence-electron chi connectivity index (χ0n) is 14.0. The van der Waals surface area contributed by atoms with Crippen LogP contribution >= 0.6 is 0 Å². The van der Waals surface area contributed by atoms with E-state index >= 15 is 0 Å². The van der Waals surface area contributed by atoms with Crippen molar-refractivity contribution in [2.75, 3.05) is 43.6 Å². The lowest BCUT2D eigenvalue weighted by molar-refractivity contribution is -0.221. The second kappa shape index (κ2) is 6.87. The lowest BCUT2D eigenvalue weighted by Crippen LogP contribution is -2.49. The van der Waals surface area contributed by atoms with E-state index < -0.39 is 12.3 Å². The zero-order chi connectivity index (χ0) is 18.0. The van der Waals surface area contributed by atoms with E-state index in [2.05, 4.69) is 9.97 Å². The minimum atomic E-state index is -4.39. The Morgan fingerprint density at radius 2 is 1.88 bits per heavy atom. The first-order chi connectivity index (χ1) is 11.8. The summed E-state index contributed by atoms with van der Waals surface area (Å²) in [5, 5.41) is 0. The van der Waals surface area contributed by atoms with Gasteiger partial charge in [-0.25, -0.2) is 9.97 Å². The van der Waals surface area contributed by atoms with Gasteiger partial charge in [-0.15, -0.1) is 0 Å². The van der Waals surface area contributed by atoms with E-state index in [0.717, 1.165) is 11.3 Å². The zero-order valence-corrected chi connectivity index (χ0v) is 14.0. The highest BCUT2D eigenvalue weighted by molar-refractivity contribution is 5.63. The smallest absolute Gasteiger partial charge is 0.378 e. The molecule has 8 heteroatoms. The fraction of sp³-hybridized carbons (Fsp3) is 0.412. The highest BCUT2D eigenvalue weighted by Gasteiger charge is 2.43. The molecule has 25 heavy (non-hydrogen) atoms. The van der Waals surface area contributed by atoms with Crippen molar-refractivity contribution in [2.24, 2.45) is 0 Å². The van der Waals surface area contributed by atoms with Gasteiger partial charge in [0.1, 0.15) is 0 Å². The predicted molar refractivity (Wildman–Crippen MR) is 89.8 cm³/mol. The van der Waals surface area contributed by atoms with Crippen LogP contribution in [0.3, 0.4) is 0 Å². The summed E-state index contributed by atoms with van der Waals surface area (Å²) in [4.78, 5) is 12.1. The molecule has 0 spiro atoms. The molecule has 0 amide bonds. The van der Waals surface area contributed by atoms with E-state index in [0.29, 0.717) is 12.2 Å². The van der Waals surface area contributed by atoms with Crippen LogP contribution in [0.5, 0.6) is 0 Å². The Hall–Kier alpha value is -2.35. The van der Waals surface area contributed by atoms with E-state index in [1.165, 1.54) is 4.90 Å². The summed E-state index contributed by atoms with van der Waals surface area (Å²) in [7, 11) is 3.90. The van der Waals surface area contributed by atoms with Gasteiger partial charge < -0.3 is 14.5 Å². The maximum atomic E-state index is 12.9. The van der Waals surface area contributed by atoms with Crippen LogP contribution in [0.1, 0.15) is 0 Å². The molecule has 5 nitrogen and oxygen atoms in total. The first-order valence-electron chi connectivity index (χ1n) is 7.88. The Labute approximate surface area is 144 Å². The topological polar surface area (TPSA) is 41.5 Å². The SMILES string of the molecule is CN(C)c1ccc(-c2ccnc(N3CCOC(C(F)(F)F)C3)n2)cc1. The highest BCUT2D eigenvalue weighted by Crippen LogP contribution is 2.28. The molecule has 0 N–H and O–H groups in total. The number of morpholine rings is 1. The van der Waals surface area contributed by atoms with Crippen LogP contribution < -0.4 is 9.80 Å². The second-order valence-corrected chi connectivity index (χ2v) is 6.03. The lowest BCUT2D eigenvalue weighted by atomic mass is 10.1. The van der Waals surface area contributed by atoms with Crippen molar-refractivity contribution in [1.29, 1.82) is 0 Å². The monoisotopic (exact) mass is 352 g/mol. The van der Waals surface area contributed by atoms with Crippen molar-refractivity contribution in [3.63, 3.8) is 0 Å². The Morgan fingerprint density at radius 1 is 1.16 bits per heavy atom. The Morgan fingerprint density at radius 3 is 2.52 bits per heavy atom. The molecular weight excluding hydrogens is 333 g/mol. The van der Waals surface area contributed by atoms with Gasteiger partial charge in [0.25, 0.3) is 0 Å². The minimum Gasteiger partial charge on any atom is -0.378 e. The molecular formula is C17H19F3N4O. The molecule has 0 saturated carbocycles. The van der Waals surface area contributed by atoms with Gasteiger partial charge in [-0.05, 0) is 18.2 Å². The predicted octanol–water partition coefficient (Wildman–Crippen LogP) is 2.98. The van der Waals surface area contributed by atoms with Gasteiger partial charge in [-0.3, -0.25) is 0 Å². The van der Waals surface area contributed by atoms with Crippen LogP contribution in [0.4, 0.5) is 24.8 Å². The van der Waals surface area contributed by atoms with E-state index in [4.69, 9.17) is 4.74 Å². The summed E-state index contributed by atoms with van der Waals surface area (Å²) in [6.07, 6.45) is -4.64. The van der Waals surface area contributed by atoms with Crippen molar-refractivity contribution >= 4 is 11.6 Å². The number of rotatable bonds is 3. The summed E-state index contributed by atoms with van der Waals surface area (Å²) >= 11 is 0. The average Bonchev–Trinajstić information content (AvgIpc) is 2.61. The number of ether oxygens (including phenoxy) is 1. The van der Waals surface area contributed by atoms with Crippen LogP contribution in [-0.2, 0) is 4.74 Å². The number of hydrogen-bond acceptors (Lipinski definition) is 5. The molecule has 3 rings (SSSR count). The van der Waals surface area contributed by atoms with Crippen molar-refractivity contribution in [3.8, 4) is 11.3 Å². The van der Waals surface area contributed by atoms with E-state index in [1.807, 2.05) is 43.3 Å². The van der Waals surface area contributed by atoms with Gasteiger partial charge in [-0.2, -0.15) is 13.2 Å². The van der Waals surface area contributed by atoms with E-state index in [-0.39, 0.29) is 19.1 Å². The molecule has 2 heterocycles. The summed E-state index contributed by atoms with van der Waals surface area (Å²) in [6, 6.07) is 9.53.